The number of aromatic nitrogens is 2. The van der Waals surface area contributed by atoms with Gasteiger partial charge in [-0.1, -0.05) is 0 Å². The third-order valence-corrected chi connectivity index (χ3v) is 3.98. The number of benzene rings is 1. The van der Waals surface area contributed by atoms with Crippen molar-refractivity contribution < 1.29 is 23.1 Å². The molecule has 0 unspecified atom stereocenters. The van der Waals surface area contributed by atoms with Crippen molar-refractivity contribution in [2.24, 2.45) is 7.05 Å². The summed E-state index contributed by atoms with van der Waals surface area (Å²) >= 11 is 0. The number of rotatable bonds is 6. The zero-order valence-electron chi connectivity index (χ0n) is 11.1. The molecule has 0 bridgehead atoms. The van der Waals surface area contributed by atoms with E-state index in [-0.39, 0.29) is 5.03 Å². The molecule has 112 valence electrons. The average molecular weight is 311 g/mol. The van der Waals surface area contributed by atoms with Crippen LogP contribution in [0.1, 0.15) is 0 Å². The molecule has 0 fully saturated rings. The number of carboxylic acids is 1. The van der Waals surface area contributed by atoms with E-state index in [1.54, 1.807) is 0 Å². The maximum atomic E-state index is 12.1. The maximum Gasteiger partial charge on any atom is 0.341 e. The Labute approximate surface area is 121 Å². The first-order chi connectivity index (χ1) is 9.88. The number of hydrogen-bond donors (Lipinski definition) is 2. The van der Waals surface area contributed by atoms with E-state index in [1.807, 2.05) is 0 Å². The SMILES string of the molecule is Cn1nccc1S(=O)(=O)Nc1ccc(OCC(=O)O)cc1. The summed E-state index contributed by atoms with van der Waals surface area (Å²) in [5, 5.41) is 12.3. The minimum absolute atomic E-state index is 0.0358. The molecule has 0 saturated heterocycles. The van der Waals surface area contributed by atoms with Gasteiger partial charge in [0.2, 0.25) is 0 Å². The van der Waals surface area contributed by atoms with E-state index in [4.69, 9.17) is 9.84 Å². The van der Waals surface area contributed by atoms with Gasteiger partial charge in [-0.15, -0.1) is 0 Å². The summed E-state index contributed by atoms with van der Waals surface area (Å²) in [5.41, 5.74) is 0.332. The van der Waals surface area contributed by atoms with Crippen LogP contribution in [0.4, 0.5) is 5.69 Å². The van der Waals surface area contributed by atoms with Gasteiger partial charge >= 0.3 is 5.97 Å². The van der Waals surface area contributed by atoms with Crippen LogP contribution in [0.25, 0.3) is 0 Å². The van der Waals surface area contributed by atoms with E-state index in [1.165, 1.54) is 48.3 Å². The molecule has 1 heterocycles. The lowest BCUT2D eigenvalue weighted by atomic mass is 10.3. The molecule has 2 N–H and O–H groups in total. The number of ether oxygens (including phenoxy) is 1. The van der Waals surface area contributed by atoms with E-state index in [2.05, 4.69) is 9.82 Å². The van der Waals surface area contributed by atoms with Gasteiger partial charge in [-0.25, -0.2) is 4.79 Å². The number of anilines is 1. The Balaban J connectivity index is 2.10. The van der Waals surface area contributed by atoms with Crippen LogP contribution in [-0.2, 0) is 21.9 Å². The lowest BCUT2D eigenvalue weighted by Gasteiger charge is -2.09. The summed E-state index contributed by atoms with van der Waals surface area (Å²) in [6, 6.07) is 7.29. The van der Waals surface area contributed by atoms with Crippen LogP contribution in [0.3, 0.4) is 0 Å². The minimum atomic E-state index is -3.72. The second-order valence-electron chi connectivity index (χ2n) is 4.11. The Morgan fingerprint density at radius 3 is 2.52 bits per heavy atom. The molecule has 2 rings (SSSR count). The number of nitrogens with zero attached hydrogens (tertiary/aromatic N) is 2. The average Bonchev–Trinajstić information content (AvgIpc) is 2.84. The lowest BCUT2D eigenvalue weighted by Crippen LogP contribution is -2.16. The van der Waals surface area contributed by atoms with Crippen molar-refractivity contribution in [1.29, 1.82) is 0 Å². The molecule has 0 aliphatic rings. The molecule has 1 aromatic carbocycles. The van der Waals surface area contributed by atoms with Gasteiger partial charge in [0.1, 0.15) is 5.75 Å². The van der Waals surface area contributed by atoms with Crippen LogP contribution < -0.4 is 9.46 Å². The van der Waals surface area contributed by atoms with E-state index < -0.39 is 22.6 Å². The Bertz CT molecular complexity index is 737. The quantitative estimate of drug-likeness (QED) is 0.812. The maximum absolute atomic E-state index is 12.1. The molecular formula is C12H13N3O5S. The molecule has 0 radical (unpaired) electrons. The number of hydrogen-bond acceptors (Lipinski definition) is 5. The van der Waals surface area contributed by atoms with Crippen LogP contribution in [-0.4, -0.2) is 35.9 Å². The standard InChI is InChI=1S/C12H13N3O5S/c1-15-11(6-7-13-15)21(18,19)14-9-2-4-10(5-3-9)20-8-12(16)17/h2-7,14H,8H2,1H3,(H,16,17). The van der Waals surface area contributed by atoms with Crippen LogP contribution in [0, 0.1) is 0 Å². The molecule has 0 saturated carbocycles. The molecular weight excluding hydrogens is 298 g/mol. The Hall–Kier alpha value is -2.55. The summed E-state index contributed by atoms with van der Waals surface area (Å²) in [6.45, 7) is -0.458. The van der Waals surface area contributed by atoms with E-state index in [9.17, 15) is 13.2 Å². The predicted octanol–water partition coefficient (Wildman–Crippen LogP) is 0.684. The molecule has 9 heteroatoms. The van der Waals surface area contributed by atoms with Crippen LogP contribution in [0.15, 0.2) is 41.6 Å². The summed E-state index contributed by atoms with van der Waals surface area (Å²) in [5.74, 6) is -0.753. The van der Waals surface area contributed by atoms with Crippen molar-refractivity contribution in [3.05, 3.63) is 36.5 Å². The fraction of sp³-hybridized carbons (Fsp3) is 0.167. The second-order valence-corrected chi connectivity index (χ2v) is 5.73. The lowest BCUT2D eigenvalue weighted by molar-refractivity contribution is -0.139. The summed E-state index contributed by atoms with van der Waals surface area (Å²) < 4.78 is 32.8. The van der Waals surface area contributed by atoms with E-state index >= 15 is 0 Å². The second kappa shape index (κ2) is 5.83. The predicted molar refractivity (Wildman–Crippen MR) is 73.6 cm³/mol. The normalized spacial score (nSPS) is 11.1. The van der Waals surface area contributed by atoms with Gasteiger partial charge < -0.3 is 9.84 Å². The molecule has 21 heavy (non-hydrogen) atoms. The fourth-order valence-corrected chi connectivity index (χ4v) is 2.78. The number of aryl methyl sites for hydroxylation is 1. The van der Waals surface area contributed by atoms with Gasteiger partial charge in [0.25, 0.3) is 10.0 Å². The molecule has 8 nitrogen and oxygen atoms in total. The van der Waals surface area contributed by atoms with Crippen molar-refractivity contribution in [3.63, 3.8) is 0 Å². The highest BCUT2D eigenvalue weighted by Gasteiger charge is 2.17. The zero-order valence-corrected chi connectivity index (χ0v) is 11.9. The zero-order chi connectivity index (χ0) is 15.5. The highest BCUT2D eigenvalue weighted by Crippen LogP contribution is 2.19. The largest absolute Gasteiger partial charge is 0.482 e. The summed E-state index contributed by atoms with van der Waals surface area (Å²) in [7, 11) is -2.20. The topological polar surface area (TPSA) is 111 Å². The first-order valence-corrected chi connectivity index (χ1v) is 7.32. The van der Waals surface area contributed by atoms with Crippen LogP contribution >= 0.6 is 0 Å². The van der Waals surface area contributed by atoms with Crippen molar-refractivity contribution in [2.45, 2.75) is 5.03 Å². The highest BCUT2D eigenvalue weighted by atomic mass is 32.2. The molecule has 0 aliphatic heterocycles. The number of sulfonamides is 1. The number of nitrogens with one attached hydrogen (secondary N) is 1. The van der Waals surface area contributed by atoms with Gasteiger partial charge in [-0.05, 0) is 30.3 Å². The van der Waals surface area contributed by atoms with Gasteiger partial charge in [0.05, 0.1) is 6.20 Å². The van der Waals surface area contributed by atoms with Crippen molar-refractivity contribution in [2.75, 3.05) is 11.3 Å². The molecule has 1 aromatic heterocycles. The number of carboxylic acid groups (broad SMARTS) is 1. The highest BCUT2D eigenvalue weighted by molar-refractivity contribution is 7.92. The molecule has 0 spiro atoms. The summed E-state index contributed by atoms with van der Waals surface area (Å²) in [4.78, 5) is 10.4. The first-order valence-electron chi connectivity index (χ1n) is 5.84. The Kier molecular flexibility index (Phi) is 4.13. The Morgan fingerprint density at radius 1 is 1.33 bits per heavy atom. The monoisotopic (exact) mass is 311 g/mol. The fourth-order valence-electron chi connectivity index (χ4n) is 1.60. The smallest absolute Gasteiger partial charge is 0.341 e. The van der Waals surface area contributed by atoms with Crippen LogP contribution in [0.5, 0.6) is 5.75 Å². The van der Waals surface area contributed by atoms with Gasteiger partial charge in [-0.3, -0.25) is 9.40 Å². The third-order valence-electron chi connectivity index (χ3n) is 2.52. The number of aliphatic carboxylic acids is 1. The molecule has 0 amide bonds. The Morgan fingerprint density at radius 2 is 2.00 bits per heavy atom. The first kappa shape index (κ1) is 14.9. The van der Waals surface area contributed by atoms with Gasteiger partial charge in [0, 0.05) is 12.7 Å². The molecule has 0 atom stereocenters. The van der Waals surface area contributed by atoms with Gasteiger partial charge in [-0.2, -0.15) is 13.5 Å². The van der Waals surface area contributed by atoms with Gasteiger partial charge in [0.15, 0.2) is 11.6 Å². The molecule has 2 aromatic rings. The van der Waals surface area contributed by atoms with Crippen LogP contribution in [0.2, 0.25) is 0 Å². The van der Waals surface area contributed by atoms with Crippen molar-refractivity contribution in [1.82, 2.24) is 9.78 Å². The van der Waals surface area contributed by atoms with E-state index in [0.29, 0.717) is 11.4 Å². The molecule has 0 aliphatic carbocycles. The van der Waals surface area contributed by atoms with E-state index in [0.717, 1.165) is 0 Å². The van der Waals surface area contributed by atoms with Crippen molar-refractivity contribution >= 4 is 21.7 Å². The third kappa shape index (κ3) is 3.72. The number of carbonyl (C=O) groups is 1. The summed E-state index contributed by atoms with van der Waals surface area (Å²) in [6.07, 6.45) is 1.39. The minimum Gasteiger partial charge on any atom is -0.482 e. The van der Waals surface area contributed by atoms with Crippen molar-refractivity contribution in [3.8, 4) is 5.75 Å².